The van der Waals surface area contributed by atoms with Crippen LogP contribution in [0.1, 0.15) is 49.7 Å². The van der Waals surface area contributed by atoms with Crippen LogP contribution in [0.5, 0.6) is 0 Å². The van der Waals surface area contributed by atoms with E-state index in [1.807, 2.05) is 26.0 Å². The van der Waals surface area contributed by atoms with Gasteiger partial charge in [0.2, 0.25) is 11.8 Å². The number of aromatic nitrogens is 3. The van der Waals surface area contributed by atoms with E-state index in [-0.39, 0.29) is 17.9 Å². The van der Waals surface area contributed by atoms with Gasteiger partial charge in [-0.15, -0.1) is 0 Å². The molecule has 0 unspecified atom stereocenters. The number of aryl methyl sites for hydroxylation is 1. The summed E-state index contributed by atoms with van der Waals surface area (Å²) >= 11 is 0. The third kappa shape index (κ3) is 4.33. The van der Waals surface area contributed by atoms with Crippen LogP contribution in [0, 0.1) is 0 Å². The number of carbonyl (C=O) groups excluding carboxylic acids is 1. The van der Waals surface area contributed by atoms with Crippen molar-refractivity contribution in [2.75, 3.05) is 25.4 Å². The molecule has 1 amide bonds. The number of amides is 1. The normalized spacial score (nSPS) is 17.9. The molecule has 0 aliphatic carbocycles. The smallest absolute Gasteiger partial charge is 0.227 e. The minimum Gasteiger partial charge on any atom is -0.384 e. The molecule has 134 valence electrons. The SMILES string of the molecule is CC(C)c1noc(CCC(=O)N2CCO[C@H](c3cccc(N)n3)C2)n1. The summed E-state index contributed by atoms with van der Waals surface area (Å²) in [4.78, 5) is 22.9. The first-order valence-corrected chi connectivity index (χ1v) is 8.47. The maximum atomic E-state index is 12.5. The van der Waals surface area contributed by atoms with Gasteiger partial charge in [0.1, 0.15) is 11.9 Å². The van der Waals surface area contributed by atoms with E-state index in [9.17, 15) is 4.79 Å². The van der Waals surface area contributed by atoms with Crippen LogP contribution in [0.4, 0.5) is 5.82 Å². The van der Waals surface area contributed by atoms with Gasteiger partial charge in [-0.25, -0.2) is 4.98 Å². The van der Waals surface area contributed by atoms with Crippen molar-refractivity contribution >= 4 is 11.7 Å². The Hall–Kier alpha value is -2.48. The van der Waals surface area contributed by atoms with Crippen LogP contribution in [0.2, 0.25) is 0 Å². The summed E-state index contributed by atoms with van der Waals surface area (Å²) in [5, 5.41) is 3.92. The van der Waals surface area contributed by atoms with E-state index < -0.39 is 0 Å². The molecule has 3 heterocycles. The molecule has 0 spiro atoms. The molecule has 8 nitrogen and oxygen atoms in total. The van der Waals surface area contributed by atoms with E-state index in [0.29, 0.717) is 50.1 Å². The molecule has 2 aromatic rings. The van der Waals surface area contributed by atoms with Crippen LogP contribution in [-0.2, 0) is 16.0 Å². The zero-order valence-corrected chi connectivity index (χ0v) is 14.5. The summed E-state index contributed by atoms with van der Waals surface area (Å²) < 4.78 is 10.9. The summed E-state index contributed by atoms with van der Waals surface area (Å²) in [7, 11) is 0. The number of pyridine rings is 1. The maximum absolute atomic E-state index is 12.5. The van der Waals surface area contributed by atoms with Crippen molar-refractivity contribution in [3.8, 4) is 0 Å². The minimum absolute atomic E-state index is 0.0431. The molecule has 1 fully saturated rings. The molecule has 2 aromatic heterocycles. The van der Waals surface area contributed by atoms with E-state index in [1.54, 1.807) is 11.0 Å². The molecule has 2 N–H and O–H groups in total. The number of nitrogens with two attached hydrogens (primary N) is 1. The number of nitrogen functional groups attached to an aromatic ring is 1. The van der Waals surface area contributed by atoms with E-state index in [0.717, 1.165) is 5.69 Å². The van der Waals surface area contributed by atoms with Crippen molar-refractivity contribution in [2.45, 2.75) is 38.7 Å². The maximum Gasteiger partial charge on any atom is 0.227 e. The zero-order valence-electron chi connectivity index (χ0n) is 14.5. The van der Waals surface area contributed by atoms with Crippen molar-refractivity contribution < 1.29 is 14.1 Å². The molecule has 0 saturated carbocycles. The lowest BCUT2D eigenvalue weighted by molar-refractivity contribution is -0.139. The Morgan fingerprint density at radius 3 is 2.96 bits per heavy atom. The summed E-state index contributed by atoms with van der Waals surface area (Å²) in [6.07, 6.45) is 0.519. The molecule has 0 aromatic carbocycles. The summed E-state index contributed by atoms with van der Waals surface area (Å²) in [6.45, 7) is 5.51. The molecule has 1 aliphatic heterocycles. The number of hydrogen-bond acceptors (Lipinski definition) is 7. The largest absolute Gasteiger partial charge is 0.384 e. The fourth-order valence-electron chi connectivity index (χ4n) is 2.68. The quantitative estimate of drug-likeness (QED) is 0.878. The molecule has 1 aliphatic rings. The first-order valence-electron chi connectivity index (χ1n) is 8.47. The Labute approximate surface area is 146 Å². The van der Waals surface area contributed by atoms with Crippen molar-refractivity contribution in [3.63, 3.8) is 0 Å². The lowest BCUT2D eigenvalue weighted by Crippen LogP contribution is -2.42. The summed E-state index contributed by atoms with van der Waals surface area (Å²) in [6, 6.07) is 5.43. The van der Waals surface area contributed by atoms with Crippen LogP contribution in [0.15, 0.2) is 22.7 Å². The average Bonchev–Trinajstić information content (AvgIpc) is 3.09. The van der Waals surface area contributed by atoms with E-state index in [4.69, 9.17) is 15.0 Å². The number of morpholine rings is 1. The Balaban J connectivity index is 1.56. The number of carbonyl (C=O) groups is 1. The van der Waals surface area contributed by atoms with Crippen LogP contribution in [0.25, 0.3) is 0 Å². The first kappa shape index (κ1) is 17.3. The van der Waals surface area contributed by atoms with Gasteiger partial charge in [0.05, 0.1) is 18.8 Å². The van der Waals surface area contributed by atoms with E-state index in [1.165, 1.54) is 0 Å². The van der Waals surface area contributed by atoms with Gasteiger partial charge in [-0.2, -0.15) is 4.98 Å². The van der Waals surface area contributed by atoms with Gasteiger partial charge in [-0.05, 0) is 12.1 Å². The zero-order chi connectivity index (χ0) is 17.8. The third-order valence-corrected chi connectivity index (χ3v) is 4.09. The summed E-state index contributed by atoms with van der Waals surface area (Å²) in [5.41, 5.74) is 6.47. The highest BCUT2D eigenvalue weighted by molar-refractivity contribution is 5.76. The number of anilines is 1. The highest BCUT2D eigenvalue weighted by Crippen LogP contribution is 2.22. The Morgan fingerprint density at radius 1 is 1.40 bits per heavy atom. The van der Waals surface area contributed by atoms with Crippen LogP contribution in [-0.4, -0.2) is 45.6 Å². The van der Waals surface area contributed by atoms with Crippen molar-refractivity contribution in [1.29, 1.82) is 0 Å². The lowest BCUT2D eigenvalue weighted by atomic mass is 10.1. The average molecular weight is 345 g/mol. The molecular weight excluding hydrogens is 322 g/mol. The van der Waals surface area contributed by atoms with Gasteiger partial charge in [0.15, 0.2) is 5.82 Å². The fraction of sp³-hybridized carbons (Fsp3) is 0.529. The highest BCUT2D eigenvalue weighted by Gasteiger charge is 2.26. The topological polar surface area (TPSA) is 107 Å². The van der Waals surface area contributed by atoms with Gasteiger partial charge in [0, 0.05) is 25.3 Å². The predicted molar refractivity (Wildman–Crippen MR) is 90.6 cm³/mol. The number of rotatable bonds is 5. The molecular formula is C17H23N5O3. The predicted octanol–water partition coefficient (Wildman–Crippen LogP) is 1.70. The van der Waals surface area contributed by atoms with Crippen molar-refractivity contribution in [2.24, 2.45) is 0 Å². The highest BCUT2D eigenvalue weighted by atomic mass is 16.5. The molecule has 25 heavy (non-hydrogen) atoms. The lowest BCUT2D eigenvalue weighted by Gasteiger charge is -2.32. The Kier molecular flexibility index (Phi) is 5.28. The number of nitrogens with zero attached hydrogens (tertiary/aromatic N) is 4. The standard InChI is InChI=1S/C17H23N5O3/c1-11(2)17-20-15(25-21-17)6-7-16(23)22-8-9-24-13(10-22)12-4-3-5-14(18)19-12/h3-5,11,13H,6-10H2,1-2H3,(H2,18,19)/t13-/m0/s1. The van der Waals surface area contributed by atoms with Gasteiger partial charge < -0.3 is 19.9 Å². The van der Waals surface area contributed by atoms with E-state index in [2.05, 4.69) is 15.1 Å². The second-order valence-corrected chi connectivity index (χ2v) is 6.39. The van der Waals surface area contributed by atoms with Crippen molar-refractivity contribution in [1.82, 2.24) is 20.0 Å². The second-order valence-electron chi connectivity index (χ2n) is 6.39. The molecule has 1 atom stereocenters. The van der Waals surface area contributed by atoms with Crippen LogP contribution < -0.4 is 5.73 Å². The Morgan fingerprint density at radius 2 is 2.24 bits per heavy atom. The van der Waals surface area contributed by atoms with Crippen molar-refractivity contribution in [3.05, 3.63) is 35.6 Å². The van der Waals surface area contributed by atoms with Gasteiger partial charge in [-0.1, -0.05) is 25.1 Å². The molecule has 0 bridgehead atoms. The van der Waals surface area contributed by atoms with Gasteiger partial charge >= 0.3 is 0 Å². The number of hydrogen-bond donors (Lipinski definition) is 1. The minimum atomic E-state index is -0.253. The van der Waals surface area contributed by atoms with Crippen LogP contribution in [0.3, 0.4) is 0 Å². The second kappa shape index (κ2) is 7.60. The molecule has 3 rings (SSSR count). The monoisotopic (exact) mass is 345 g/mol. The van der Waals surface area contributed by atoms with Gasteiger partial charge in [0.25, 0.3) is 0 Å². The fourth-order valence-corrected chi connectivity index (χ4v) is 2.68. The molecule has 1 saturated heterocycles. The Bertz CT molecular complexity index is 731. The number of ether oxygens (including phenoxy) is 1. The van der Waals surface area contributed by atoms with E-state index >= 15 is 0 Å². The third-order valence-electron chi connectivity index (χ3n) is 4.09. The van der Waals surface area contributed by atoms with Crippen LogP contribution >= 0.6 is 0 Å². The molecule has 0 radical (unpaired) electrons. The first-order chi connectivity index (χ1) is 12.0. The summed E-state index contributed by atoms with van der Waals surface area (Å²) in [5.74, 6) is 1.86. The molecule has 8 heteroatoms. The van der Waals surface area contributed by atoms with Gasteiger partial charge in [-0.3, -0.25) is 4.79 Å².